The molecule has 0 unspecified atom stereocenters. The highest BCUT2D eigenvalue weighted by molar-refractivity contribution is 6.33. The fourth-order valence-corrected chi connectivity index (χ4v) is 0.200. The van der Waals surface area contributed by atoms with E-state index in [0.29, 0.717) is 0 Å². The minimum atomic E-state index is -3.67. The summed E-state index contributed by atoms with van der Waals surface area (Å²) in [5.74, 6) is -0.412. The van der Waals surface area contributed by atoms with Crippen molar-refractivity contribution in [3.05, 3.63) is 25.3 Å². The molecule has 0 aromatic rings. The van der Waals surface area contributed by atoms with Crippen LogP contribution in [0, 0.1) is 0 Å². The van der Waals surface area contributed by atoms with E-state index in [0.717, 1.165) is 6.08 Å². The number of ether oxygens (including phenoxy) is 1. The van der Waals surface area contributed by atoms with Crippen LogP contribution in [0.3, 0.4) is 0 Å². The van der Waals surface area contributed by atoms with Crippen LogP contribution in [0.4, 0.5) is 12.9 Å². The van der Waals surface area contributed by atoms with Gasteiger partial charge in [-0.2, -0.15) is 0 Å². The molecule has 0 saturated carbocycles. The largest absolute Gasteiger partial charge is 0.762 e. The monoisotopic (exact) mass is 180 g/mol. The van der Waals surface area contributed by atoms with Crippen LogP contribution in [0.1, 0.15) is 0 Å². The summed E-state index contributed by atoms with van der Waals surface area (Å²) in [5, 5.41) is 0. The van der Waals surface area contributed by atoms with Crippen molar-refractivity contribution >= 4 is 13.5 Å². The number of hydrogen-bond acceptors (Lipinski definition) is 2. The Morgan fingerprint density at radius 3 is 2.08 bits per heavy atom. The molecule has 0 aliphatic rings. The fraction of sp³-hybridized carbons (Fsp3) is 0.167. The van der Waals surface area contributed by atoms with E-state index >= 15 is 0 Å². The minimum absolute atomic E-state index is 0.255. The van der Waals surface area contributed by atoms with E-state index in [2.05, 4.69) is 17.9 Å². The summed E-state index contributed by atoms with van der Waals surface area (Å²) in [4.78, 5) is 10.2. The van der Waals surface area contributed by atoms with Crippen LogP contribution in [0.2, 0.25) is 0 Å². The molecule has 0 aliphatic heterocycles. The zero-order valence-corrected chi connectivity index (χ0v) is 6.30. The number of halogens is 3. The molecule has 0 aromatic heterocycles. The highest BCUT2D eigenvalue weighted by Crippen LogP contribution is 1.80. The molecule has 0 saturated heterocycles. The summed E-state index contributed by atoms with van der Waals surface area (Å²) >= 11 is 0. The van der Waals surface area contributed by atoms with E-state index in [1.807, 2.05) is 0 Å². The lowest BCUT2D eigenvalue weighted by Gasteiger charge is -1.92. The Balaban J connectivity index is 0. The van der Waals surface area contributed by atoms with Gasteiger partial charge in [0.05, 0.1) is 0 Å². The normalized spacial score (nSPS) is 7.25. The molecule has 0 rings (SSSR count). The Morgan fingerprint density at radius 1 is 1.42 bits per heavy atom. The van der Waals surface area contributed by atoms with Gasteiger partial charge in [0.25, 0.3) is 0 Å². The van der Waals surface area contributed by atoms with Gasteiger partial charge in [0, 0.05) is 6.08 Å². The van der Waals surface area contributed by atoms with Gasteiger partial charge in [0.15, 0.2) is 0 Å². The van der Waals surface area contributed by atoms with E-state index in [9.17, 15) is 17.7 Å². The Morgan fingerprint density at radius 2 is 1.83 bits per heavy atom. The lowest BCUT2D eigenvalue weighted by Crippen LogP contribution is -1.98. The molecule has 6 heteroatoms. The Labute approximate surface area is 68.9 Å². The molecular weight excluding hydrogens is 172 g/mol. The molecule has 12 heavy (non-hydrogen) atoms. The van der Waals surface area contributed by atoms with Gasteiger partial charge in [-0.15, -0.1) is 0 Å². The van der Waals surface area contributed by atoms with Crippen LogP contribution in [0.25, 0.3) is 0 Å². The molecule has 68 valence electrons. The molecule has 0 fully saturated rings. The second-order valence-electron chi connectivity index (χ2n) is 1.37. The maximum Gasteiger partial charge on any atom is 0.762 e. The van der Waals surface area contributed by atoms with Crippen LogP contribution in [-0.4, -0.2) is 20.1 Å². The van der Waals surface area contributed by atoms with Gasteiger partial charge in [-0.05, 0) is 0 Å². The van der Waals surface area contributed by atoms with Crippen LogP contribution in [0.15, 0.2) is 25.3 Å². The Kier molecular flexibility index (Phi) is 10.9. The molecule has 0 amide bonds. The molecule has 0 bridgehead atoms. The first-order valence-electron chi connectivity index (χ1n) is 2.86. The van der Waals surface area contributed by atoms with Gasteiger partial charge in [0.2, 0.25) is 0 Å². The zero-order chi connectivity index (χ0) is 9.98. The van der Waals surface area contributed by atoms with Crippen molar-refractivity contribution in [3.8, 4) is 0 Å². The average molecular weight is 180 g/mol. The summed E-state index contributed by atoms with van der Waals surface area (Å²) in [6.45, 7) is 6.81. The van der Waals surface area contributed by atoms with Gasteiger partial charge in [0.1, 0.15) is 6.61 Å². The van der Waals surface area contributed by atoms with E-state index in [4.69, 9.17) is 0 Å². The smallest absolute Gasteiger partial charge is 0.458 e. The third-order valence-corrected chi connectivity index (χ3v) is 0.510. The molecule has 0 radical (unpaired) electrons. The van der Waals surface area contributed by atoms with Crippen molar-refractivity contribution in [2.45, 2.75) is 0 Å². The Bertz CT molecular complexity index is 147. The maximum atomic E-state index is 10.2. The summed E-state index contributed by atoms with van der Waals surface area (Å²) in [7, 11) is -3.67. The first-order valence-corrected chi connectivity index (χ1v) is 2.86. The number of carbonyl (C=O) groups excluding carboxylic acids is 1. The molecule has 2 nitrogen and oxygen atoms in total. The van der Waals surface area contributed by atoms with Crippen molar-refractivity contribution in [1.29, 1.82) is 0 Å². The number of esters is 1. The number of hydrogen-bond donors (Lipinski definition) is 0. The maximum absolute atomic E-state index is 10.2. The number of carbonyl (C=O) groups is 1. The van der Waals surface area contributed by atoms with Crippen LogP contribution in [0.5, 0.6) is 0 Å². The van der Waals surface area contributed by atoms with E-state index in [1.54, 1.807) is 0 Å². The van der Waals surface area contributed by atoms with Crippen LogP contribution >= 0.6 is 0 Å². The lowest BCUT2D eigenvalue weighted by molar-refractivity contribution is -0.136. The highest BCUT2D eigenvalue weighted by Gasteiger charge is 2.06. The summed E-state index contributed by atoms with van der Waals surface area (Å²) in [6, 6.07) is 0. The molecular formula is C6H8BF3O2. The van der Waals surface area contributed by atoms with Crippen molar-refractivity contribution in [3.63, 3.8) is 0 Å². The molecule has 0 aromatic carbocycles. The summed E-state index contributed by atoms with van der Waals surface area (Å²) in [6.07, 6.45) is 2.62. The number of rotatable bonds is 3. The minimum Gasteiger partial charge on any atom is -0.458 e. The van der Waals surface area contributed by atoms with Gasteiger partial charge in [-0.25, -0.2) is 4.79 Å². The molecule has 0 spiro atoms. The first kappa shape index (κ1) is 13.4. The van der Waals surface area contributed by atoms with Gasteiger partial charge < -0.3 is 4.74 Å². The molecule has 0 N–H and O–H groups in total. The second kappa shape index (κ2) is 9.80. The van der Waals surface area contributed by atoms with Crippen LogP contribution in [-0.2, 0) is 9.53 Å². The van der Waals surface area contributed by atoms with E-state index in [-0.39, 0.29) is 6.61 Å². The zero-order valence-electron chi connectivity index (χ0n) is 6.30. The second-order valence-corrected chi connectivity index (χ2v) is 1.37. The first-order chi connectivity index (χ1) is 5.54. The lowest BCUT2D eigenvalue weighted by atomic mass is 10.5. The molecule has 0 aliphatic carbocycles. The predicted molar refractivity (Wildman–Crippen MR) is 40.4 cm³/mol. The topological polar surface area (TPSA) is 26.3 Å². The Hall–Kier alpha value is -1.20. The van der Waals surface area contributed by atoms with Gasteiger partial charge in [-0.1, -0.05) is 19.2 Å². The van der Waals surface area contributed by atoms with Crippen LogP contribution < -0.4 is 0 Å². The van der Waals surface area contributed by atoms with E-state index in [1.165, 1.54) is 6.08 Å². The van der Waals surface area contributed by atoms with Crippen molar-refractivity contribution in [2.24, 2.45) is 0 Å². The van der Waals surface area contributed by atoms with E-state index < -0.39 is 13.5 Å². The fourth-order valence-electron chi connectivity index (χ4n) is 0.200. The van der Waals surface area contributed by atoms with Gasteiger partial charge >= 0.3 is 13.5 Å². The third kappa shape index (κ3) is 23.2. The highest BCUT2D eigenvalue weighted by atomic mass is 19.4. The summed E-state index contributed by atoms with van der Waals surface area (Å²) in [5.41, 5.74) is 0. The summed E-state index contributed by atoms with van der Waals surface area (Å²) < 4.78 is 33.5. The quantitative estimate of drug-likeness (QED) is 0.286. The van der Waals surface area contributed by atoms with Gasteiger partial charge in [-0.3, -0.25) is 12.9 Å². The molecule has 0 atom stereocenters. The standard InChI is InChI=1S/C6H8O2.BF3/c1-3-5-8-6(7)4-2;2-1(3)4/h3-4H,1-2,5H2;. The average Bonchev–Trinajstić information content (AvgIpc) is 1.99. The van der Waals surface area contributed by atoms with Crippen molar-refractivity contribution in [2.75, 3.05) is 6.61 Å². The van der Waals surface area contributed by atoms with Crippen molar-refractivity contribution < 1.29 is 22.5 Å². The predicted octanol–water partition coefficient (Wildman–Crippen LogP) is 1.78. The SMILES string of the molecule is C=CCOC(=O)C=C.FB(F)F. The third-order valence-electron chi connectivity index (χ3n) is 0.510. The van der Waals surface area contributed by atoms with Crippen molar-refractivity contribution in [1.82, 2.24) is 0 Å². The molecule has 0 heterocycles.